The second kappa shape index (κ2) is 7.51. The van der Waals surface area contributed by atoms with E-state index in [1.807, 2.05) is 24.3 Å². The number of hydrogen-bond acceptors (Lipinski definition) is 2. The van der Waals surface area contributed by atoms with Gasteiger partial charge in [-0.1, -0.05) is 19.1 Å². The zero-order chi connectivity index (χ0) is 13.5. The molecule has 1 aliphatic heterocycles. The third-order valence-electron chi connectivity index (χ3n) is 4.03. The zero-order valence-electron chi connectivity index (χ0n) is 11.9. The molecule has 106 valence electrons. The van der Waals surface area contributed by atoms with E-state index in [-0.39, 0.29) is 6.61 Å². The van der Waals surface area contributed by atoms with Crippen molar-refractivity contribution >= 4 is 0 Å². The lowest BCUT2D eigenvalue weighted by Gasteiger charge is -2.27. The summed E-state index contributed by atoms with van der Waals surface area (Å²) in [6.07, 6.45) is 3.86. The van der Waals surface area contributed by atoms with Crippen molar-refractivity contribution in [1.82, 2.24) is 0 Å². The van der Waals surface area contributed by atoms with Crippen LogP contribution >= 0.6 is 0 Å². The van der Waals surface area contributed by atoms with E-state index in [2.05, 4.69) is 6.92 Å². The highest BCUT2D eigenvalue weighted by molar-refractivity contribution is 5.26. The Morgan fingerprint density at radius 2 is 1.89 bits per heavy atom. The molecule has 0 atom stereocenters. The van der Waals surface area contributed by atoms with Crippen molar-refractivity contribution in [2.45, 2.75) is 32.8 Å². The maximum atomic E-state index is 8.96. The van der Waals surface area contributed by atoms with E-state index in [0.29, 0.717) is 0 Å². The summed E-state index contributed by atoms with van der Waals surface area (Å²) in [6.45, 7) is 7.12. The van der Waals surface area contributed by atoms with Crippen LogP contribution in [-0.4, -0.2) is 31.3 Å². The maximum absolute atomic E-state index is 8.96. The van der Waals surface area contributed by atoms with Crippen LogP contribution in [0.5, 0.6) is 5.75 Å². The number of likely N-dealkylation sites (tertiary alicyclic amines) is 1. The van der Waals surface area contributed by atoms with Crippen molar-refractivity contribution in [3.63, 3.8) is 0 Å². The third kappa shape index (κ3) is 4.84. The van der Waals surface area contributed by atoms with E-state index in [1.165, 1.54) is 32.5 Å². The SMILES string of the molecule is CC1CC[NH+](CCCOc2ccc(CO)cc2)CC1. The summed E-state index contributed by atoms with van der Waals surface area (Å²) < 4.78 is 5.72. The summed E-state index contributed by atoms with van der Waals surface area (Å²) in [5.41, 5.74) is 0.930. The largest absolute Gasteiger partial charge is 0.493 e. The van der Waals surface area contributed by atoms with Crippen LogP contribution in [0.3, 0.4) is 0 Å². The van der Waals surface area contributed by atoms with Crippen LogP contribution in [0.4, 0.5) is 0 Å². The molecule has 3 nitrogen and oxygen atoms in total. The lowest BCUT2D eigenvalue weighted by atomic mass is 9.99. The van der Waals surface area contributed by atoms with Crippen molar-refractivity contribution in [2.24, 2.45) is 5.92 Å². The molecule has 2 rings (SSSR count). The number of quaternary nitrogens is 1. The van der Waals surface area contributed by atoms with Gasteiger partial charge in [-0.2, -0.15) is 0 Å². The van der Waals surface area contributed by atoms with Crippen molar-refractivity contribution in [3.8, 4) is 5.75 Å². The number of ether oxygens (including phenoxy) is 1. The van der Waals surface area contributed by atoms with Gasteiger partial charge in [0.1, 0.15) is 5.75 Å². The average molecular weight is 264 g/mol. The van der Waals surface area contributed by atoms with Gasteiger partial charge in [-0.25, -0.2) is 0 Å². The molecule has 0 amide bonds. The van der Waals surface area contributed by atoms with Crippen molar-refractivity contribution in [2.75, 3.05) is 26.2 Å². The van der Waals surface area contributed by atoms with Gasteiger partial charge in [-0.15, -0.1) is 0 Å². The minimum Gasteiger partial charge on any atom is -0.493 e. The number of hydrogen-bond donors (Lipinski definition) is 2. The highest BCUT2D eigenvalue weighted by Crippen LogP contribution is 2.12. The Morgan fingerprint density at radius 3 is 2.53 bits per heavy atom. The molecule has 0 unspecified atom stereocenters. The molecule has 0 bridgehead atoms. The summed E-state index contributed by atoms with van der Waals surface area (Å²) in [6, 6.07) is 7.68. The van der Waals surface area contributed by atoms with Gasteiger partial charge in [0.25, 0.3) is 0 Å². The predicted molar refractivity (Wildman–Crippen MR) is 76.4 cm³/mol. The van der Waals surface area contributed by atoms with Crippen LogP contribution in [0.25, 0.3) is 0 Å². The van der Waals surface area contributed by atoms with Gasteiger partial charge in [0.2, 0.25) is 0 Å². The van der Waals surface area contributed by atoms with Gasteiger partial charge in [-0.05, 0) is 36.5 Å². The first kappa shape index (κ1) is 14.4. The lowest BCUT2D eigenvalue weighted by molar-refractivity contribution is -0.906. The molecular formula is C16H26NO2+. The Balaban J connectivity index is 1.61. The molecule has 2 N–H and O–H groups in total. The fourth-order valence-corrected chi connectivity index (χ4v) is 2.62. The van der Waals surface area contributed by atoms with Gasteiger partial charge in [0.05, 0.1) is 32.8 Å². The molecule has 3 heteroatoms. The normalized spacial score (nSPS) is 23.3. The van der Waals surface area contributed by atoms with Crippen LogP contribution in [0, 0.1) is 5.92 Å². The number of rotatable bonds is 6. The fourth-order valence-electron chi connectivity index (χ4n) is 2.62. The summed E-state index contributed by atoms with van der Waals surface area (Å²) in [5, 5.41) is 8.96. The minimum absolute atomic E-state index is 0.0943. The minimum atomic E-state index is 0.0943. The Labute approximate surface area is 116 Å². The van der Waals surface area contributed by atoms with E-state index in [9.17, 15) is 0 Å². The highest BCUT2D eigenvalue weighted by atomic mass is 16.5. The molecule has 0 spiro atoms. The van der Waals surface area contributed by atoms with Gasteiger partial charge < -0.3 is 14.7 Å². The Hall–Kier alpha value is -1.06. The topological polar surface area (TPSA) is 33.9 Å². The van der Waals surface area contributed by atoms with Crippen LogP contribution < -0.4 is 9.64 Å². The Kier molecular flexibility index (Phi) is 5.67. The van der Waals surface area contributed by atoms with Crippen molar-refractivity contribution in [3.05, 3.63) is 29.8 Å². The summed E-state index contributed by atoms with van der Waals surface area (Å²) in [4.78, 5) is 1.73. The Bertz CT molecular complexity index is 356. The van der Waals surface area contributed by atoms with E-state index in [0.717, 1.165) is 30.3 Å². The van der Waals surface area contributed by atoms with Crippen LogP contribution in [0.15, 0.2) is 24.3 Å². The van der Waals surface area contributed by atoms with Crippen molar-refractivity contribution < 1.29 is 14.7 Å². The first-order chi connectivity index (χ1) is 9.28. The molecule has 0 saturated carbocycles. The fraction of sp³-hybridized carbons (Fsp3) is 0.625. The smallest absolute Gasteiger partial charge is 0.119 e. The van der Waals surface area contributed by atoms with E-state index in [1.54, 1.807) is 4.90 Å². The average Bonchev–Trinajstić information content (AvgIpc) is 2.46. The van der Waals surface area contributed by atoms with Gasteiger partial charge in [0, 0.05) is 6.42 Å². The first-order valence-corrected chi connectivity index (χ1v) is 7.44. The molecule has 19 heavy (non-hydrogen) atoms. The van der Waals surface area contributed by atoms with Gasteiger partial charge >= 0.3 is 0 Å². The number of benzene rings is 1. The molecule has 1 aromatic carbocycles. The molecule has 1 fully saturated rings. The van der Waals surface area contributed by atoms with E-state index >= 15 is 0 Å². The number of aliphatic hydroxyl groups excluding tert-OH is 1. The van der Waals surface area contributed by atoms with Gasteiger partial charge in [0.15, 0.2) is 0 Å². The molecule has 0 aliphatic carbocycles. The standard InChI is InChI=1S/C16H25NO2/c1-14-7-10-17(11-8-14)9-2-12-19-16-5-3-15(13-18)4-6-16/h3-6,14,18H,2,7-13H2,1H3/p+1. The van der Waals surface area contributed by atoms with Crippen LogP contribution in [-0.2, 0) is 6.61 Å². The third-order valence-corrected chi connectivity index (χ3v) is 4.03. The number of nitrogens with one attached hydrogen (secondary N) is 1. The van der Waals surface area contributed by atoms with Crippen LogP contribution in [0.2, 0.25) is 0 Å². The lowest BCUT2D eigenvalue weighted by Crippen LogP contribution is -3.13. The van der Waals surface area contributed by atoms with Gasteiger partial charge in [-0.3, -0.25) is 0 Å². The predicted octanol–water partition coefficient (Wildman–Crippen LogP) is 1.26. The summed E-state index contributed by atoms with van der Waals surface area (Å²) >= 11 is 0. The van der Waals surface area contributed by atoms with Crippen LogP contribution in [0.1, 0.15) is 31.7 Å². The molecule has 1 heterocycles. The molecular weight excluding hydrogens is 238 g/mol. The van der Waals surface area contributed by atoms with Crippen molar-refractivity contribution in [1.29, 1.82) is 0 Å². The highest BCUT2D eigenvalue weighted by Gasteiger charge is 2.17. The molecule has 1 aromatic rings. The maximum Gasteiger partial charge on any atom is 0.119 e. The van der Waals surface area contributed by atoms with E-state index in [4.69, 9.17) is 9.84 Å². The summed E-state index contributed by atoms with van der Waals surface area (Å²) in [5.74, 6) is 1.82. The quantitative estimate of drug-likeness (QED) is 0.759. The summed E-state index contributed by atoms with van der Waals surface area (Å²) in [7, 11) is 0. The molecule has 1 aliphatic rings. The Morgan fingerprint density at radius 1 is 1.21 bits per heavy atom. The second-order valence-electron chi connectivity index (χ2n) is 5.69. The molecule has 0 radical (unpaired) electrons. The zero-order valence-corrected chi connectivity index (χ0v) is 11.9. The first-order valence-electron chi connectivity index (χ1n) is 7.44. The van der Waals surface area contributed by atoms with E-state index < -0.39 is 0 Å². The molecule has 1 saturated heterocycles. The molecule has 0 aromatic heterocycles. The second-order valence-corrected chi connectivity index (χ2v) is 5.69. The monoisotopic (exact) mass is 264 g/mol. The number of aliphatic hydroxyl groups is 1. The number of piperidine rings is 1.